The van der Waals surface area contributed by atoms with E-state index in [0.717, 1.165) is 19.8 Å². The summed E-state index contributed by atoms with van der Waals surface area (Å²) in [4.78, 5) is 1.79. The van der Waals surface area contributed by atoms with Gasteiger partial charge in [-0.3, -0.25) is 0 Å². The van der Waals surface area contributed by atoms with Crippen molar-refractivity contribution in [3.8, 4) is 0 Å². The first kappa shape index (κ1) is 12.8. The molecular weight excluding hydrogens is 343 g/mol. The zero-order valence-electron chi connectivity index (χ0n) is 9.52. The van der Waals surface area contributed by atoms with Crippen molar-refractivity contribution in [2.45, 2.75) is 21.1 Å². The lowest BCUT2D eigenvalue weighted by atomic mass is 10.2. The first-order valence-electron chi connectivity index (χ1n) is 5.34. The van der Waals surface area contributed by atoms with Crippen LogP contribution in [0.1, 0.15) is 11.1 Å². The van der Waals surface area contributed by atoms with Crippen molar-refractivity contribution in [1.29, 1.82) is 0 Å². The molecule has 2 aromatic rings. The average Bonchev–Trinajstić information content (AvgIpc) is 2.39. The number of hydrogen-bond donors (Lipinski definition) is 0. The quantitative estimate of drug-likeness (QED) is 0.598. The van der Waals surface area contributed by atoms with Crippen LogP contribution in [0, 0.1) is 6.92 Å². The van der Waals surface area contributed by atoms with E-state index in [-0.39, 0.29) is 0 Å². The molecule has 17 heavy (non-hydrogen) atoms. The maximum absolute atomic E-state index is 12.4. The summed E-state index contributed by atoms with van der Waals surface area (Å²) in [5, 5.41) is 0. The Hall–Kier alpha value is -0.680. The summed E-state index contributed by atoms with van der Waals surface area (Å²) in [6.07, 6.45) is 0. The summed E-state index contributed by atoms with van der Waals surface area (Å²) in [5.74, 6) is 0. The smallest absolute Gasteiger partial charge is 0.0852 e. The molecule has 0 N–H and O–H groups in total. The lowest BCUT2D eigenvalue weighted by molar-refractivity contribution is 0.682. The lowest BCUT2D eigenvalue weighted by Gasteiger charge is -2.07. The summed E-state index contributed by atoms with van der Waals surface area (Å²) < 4.78 is 13.3. The second-order valence-corrected chi connectivity index (χ2v) is 6.03. The number of benzene rings is 2. The zero-order valence-corrected chi connectivity index (χ0v) is 12.5. The molecule has 0 saturated heterocycles. The van der Waals surface area contributed by atoms with Crippen molar-refractivity contribution in [1.82, 2.24) is 0 Å². The number of aryl methyl sites for hydroxylation is 1. The minimum absolute atomic E-state index is 0.868. The molecule has 0 spiro atoms. The Morgan fingerprint density at radius 3 is 2.35 bits per heavy atom. The van der Waals surface area contributed by atoms with Gasteiger partial charge in [0.2, 0.25) is 0 Å². The second-order valence-electron chi connectivity index (χ2n) is 3.82. The molecule has 0 bridgehead atoms. The Morgan fingerprint density at radius 1 is 1.06 bits per heavy atom. The second kappa shape index (κ2) is 5.78. The van der Waals surface area contributed by atoms with E-state index in [4.69, 9.17) is 0 Å². The molecule has 0 saturated carbocycles. The normalized spacial score (nSPS) is 12.4. The SMILES string of the molecule is Cc1ccc([S@](=O)c2ccccc2CI)cc1. The highest BCUT2D eigenvalue weighted by Gasteiger charge is 2.10. The van der Waals surface area contributed by atoms with Gasteiger partial charge in [-0.25, -0.2) is 4.21 Å². The van der Waals surface area contributed by atoms with Gasteiger partial charge in [0.1, 0.15) is 0 Å². The maximum Gasteiger partial charge on any atom is 0.0852 e. The van der Waals surface area contributed by atoms with Crippen molar-refractivity contribution in [2.24, 2.45) is 0 Å². The fourth-order valence-electron chi connectivity index (χ4n) is 1.58. The highest BCUT2D eigenvalue weighted by Crippen LogP contribution is 2.22. The van der Waals surface area contributed by atoms with Gasteiger partial charge in [-0.2, -0.15) is 0 Å². The van der Waals surface area contributed by atoms with E-state index in [2.05, 4.69) is 22.6 Å². The number of hydrogen-bond acceptors (Lipinski definition) is 1. The van der Waals surface area contributed by atoms with Gasteiger partial charge in [-0.15, -0.1) is 0 Å². The van der Waals surface area contributed by atoms with E-state index in [0.29, 0.717) is 0 Å². The van der Waals surface area contributed by atoms with Crippen LogP contribution in [0.15, 0.2) is 58.3 Å². The van der Waals surface area contributed by atoms with E-state index < -0.39 is 10.8 Å². The predicted octanol–water partition coefficient (Wildman–Crippen LogP) is 4.10. The molecule has 0 aliphatic rings. The van der Waals surface area contributed by atoms with Crippen LogP contribution in [0.5, 0.6) is 0 Å². The fraction of sp³-hybridized carbons (Fsp3) is 0.143. The van der Waals surface area contributed by atoms with Gasteiger partial charge in [-0.05, 0) is 30.7 Å². The van der Waals surface area contributed by atoms with Gasteiger partial charge in [0.25, 0.3) is 0 Å². The Kier molecular flexibility index (Phi) is 4.34. The first-order valence-corrected chi connectivity index (χ1v) is 8.02. The van der Waals surface area contributed by atoms with Gasteiger partial charge >= 0.3 is 0 Å². The molecule has 1 nitrogen and oxygen atoms in total. The molecule has 3 heteroatoms. The van der Waals surface area contributed by atoms with E-state index in [1.807, 2.05) is 55.5 Å². The van der Waals surface area contributed by atoms with Crippen LogP contribution in [-0.4, -0.2) is 4.21 Å². The number of halogens is 1. The standard InChI is InChI=1S/C14H13IOS/c1-11-6-8-13(9-7-11)17(16)14-5-3-2-4-12(14)10-15/h2-9H,10H2,1H3/t17-/m0/s1. The van der Waals surface area contributed by atoms with Crippen molar-refractivity contribution < 1.29 is 4.21 Å². The van der Waals surface area contributed by atoms with Crippen molar-refractivity contribution in [3.63, 3.8) is 0 Å². The Labute approximate surface area is 118 Å². The Balaban J connectivity index is 2.40. The molecular formula is C14H13IOS. The van der Waals surface area contributed by atoms with Gasteiger partial charge in [-0.1, -0.05) is 58.5 Å². The van der Waals surface area contributed by atoms with Gasteiger partial charge in [0.05, 0.1) is 10.8 Å². The van der Waals surface area contributed by atoms with Crippen LogP contribution >= 0.6 is 22.6 Å². The molecule has 2 aromatic carbocycles. The largest absolute Gasteiger partial charge is 0.249 e. The maximum atomic E-state index is 12.4. The molecule has 0 aliphatic heterocycles. The summed E-state index contributed by atoms with van der Waals surface area (Å²) in [7, 11) is -1.07. The predicted molar refractivity (Wildman–Crippen MR) is 80.0 cm³/mol. The average molecular weight is 356 g/mol. The van der Waals surface area contributed by atoms with Crippen LogP contribution in [-0.2, 0) is 15.2 Å². The number of rotatable bonds is 3. The van der Waals surface area contributed by atoms with Crippen LogP contribution in [0.4, 0.5) is 0 Å². The molecule has 0 radical (unpaired) electrons. The van der Waals surface area contributed by atoms with Crippen LogP contribution in [0.3, 0.4) is 0 Å². The summed E-state index contributed by atoms with van der Waals surface area (Å²) in [6, 6.07) is 15.8. The van der Waals surface area contributed by atoms with E-state index >= 15 is 0 Å². The van der Waals surface area contributed by atoms with E-state index in [1.165, 1.54) is 5.56 Å². The third-order valence-electron chi connectivity index (χ3n) is 2.55. The molecule has 0 heterocycles. The number of alkyl halides is 1. The fourth-order valence-corrected chi connectivity index (χ4v) is 3.73. The molecule has 88 valence electrons. The van der Waals surface area contributed by atoms with Crippen LogP contribution in [0.25, 0.3) is 0 Å². The molecule has 2 rings (SSSR count). The highest BCUT2D eigenvalue weighted by molar-refractivity contribution is 14.1. The first-order chi connectivity index (χ1) is 8.22. The van der Waals surface area contributed by atoms with Gasteiger partial charge in [0.15, 0.2) is 0 Å². The molecule has 0 fully saturated rings. The third kappa shape index (κ3) is 2.96. The summed E-state index contributed by atoms with van der Waals surface area (Å²) in [5.41, 5.74) is 2.33. The van der Waals surface area contributed by atoms with Crippen LogP contribution in [0.2, 0.25) is 0 Å². The van der Waals surface area contributed by atoms with Gasteiger partial charge < -0.3 is 0 Å². The zero-order chi connectivity index (χ0) is 12.3. The van der Waals surface area contributed by atoms with Crippen molar-refractivity contribution in [2.75, 3.05) is 0 Å². The Bertz CT molecular complexity index is 534. The Morgan fingerprint density at radius 2 is 1.71 bits per heavy atom. The molecule has 0 aromatic heterocycles. The van der Waals surface area contributed by atoms with E-state index in [9.17, 15) is 4.21 Å². The monoisotopic (exact) mass is 356 g/mol. The van der Waals surface area contributed by atoms with Gasteiger partial charge in [0, 0.05) is 14.2 Å². The highest BCUT2D eigenvalue weighted by atomic mass is 127. The van der Waals surface area contributed by atoms with E-state index in [1.54, 1.807) is 0 Å². The molecule has 1 atom stereocenters. The molecule has 0 amide bonds. The van der Waals surface area contributed by atoms with Crippen LogP contribution < -0.4 is 0 Å². The molecule has 0 aliphatic carbocycles. The topological polar surface area (TPSA) is 17.1 Å². The third-order valence-corrected chi connectivity index (χ3v) is 4.87. The van der Waals surface area contributed by atoms with Crippen molar-refractivity contribution in [3.05, 3.63) is 59.7 Å². The lowest BCUT2D eigenvalue weighted by Crippen LogP contribution is -1.96. The minimum Gasteiger partial charge on any atom is -0.249 e. The van der Waals surface area contributed by atoms with Crippen molar-refractivity contribution >= 4 is 33.4 Å². The minimum atomic E-state index is -1.07. The summed E-state index contributed by atoms with van der Waals surface area (Å²) in [6.45, 7) is 2.03. The molecule has 0 unspecified atom stereocenters. The summed E-state index contributed by atoms with van der Waals surface area (Å²) >= 11 is 2.30.